The van der Waals surface area contributed by atoms with E-state index in [2.05, 4.69) is 14.7 Å². The topological polar surface area (TPSA) is 96.7 Å². The van der Waals surface area contributed by atoms with Crippen LogP contribution in [0.25, 0.3) is 0 Å². The molecule has 2 aliphatic heterocycles. The third-order valence-electron chi connectivity index (χ3n) is 6.36. The maximum absolute atomic E-state index is 13.9. The number of aromatic nitrogens is 2. The summed E-state index contributed by atoms with van der Waals surface area (Å²) in [4.78, 5) is 19.7. The zero-order valence-electron chi connectivity index (χ0n) is 18.6. The number of fused-ring (bicyclic) bond motifs is 1. The molecule has 2 aromatic carbocycles. The Morgan fingerprint density at radius 1 is 1.15 bits per heavy atom. The molecule has 0 saturated carbocycles. The number of benzene rings is 2. The first kappa shape index (κ1) is 22.3. The van der Waals surface area contributed by atoms with Crippen LogP contribution in [0.2, 0.25) is 0 Å². The van der Waals surface area contributed by atoms with E-state index in [9.17, 15) is 17.6 Å². The Hall–Kier alpha value is -3.53. The molecule has 1 fully saturated rings. The van der Waals surface area contributed by atoms with Crippen LogP contribution in [-0.2, 0) is 21.9 Å². The number of hydrogen-bond donors (Lipinski definition) is 1. The van der Waals surface area contributed by atoms with Crippen molar-refractivity contribution < 1.29 is 17.6 Å². The van der Waals surface area contributed by atoms with Crippen molar-refractivity contribution in [3.8, 4) is 0 Å². The Labute approximate surface area is 197 Å². The van der Waals surface area contributed by atoms with E-state index in [-0.39, 0.29) is 22.5 Å². The van der Waals surface area contributed by atoms with Crippen molar-refractivity contribution in [2.75, 3.05) is 13.1 Å². The van der Waals surface area contributed by atoms with E-state index >= 15 is 0 Å². The quantitative estimate of drug-likeness (QED) is 0.618. The van der Waals surface area contributed by atoms with Crippen molar-refractivity contribution in [1.29, 1.82) is 0 Å². The number of carbonyl (C=O) groups excluding carboxylic acids is 1. The molecule has 1 atom stereocenters. The van der Waals surface area contributed by atoms with Gasteiger partial charge in [-0.25, -0.2) is 9.37 Å². The smallest absolute Gasteiger partial charge is 0.285 e. The summed E-state index contributed by atoms with van der Waals surface area (Å²) in [7, 11) is -1.86. The van der Waals surface area contributed by atoms with Crippen molar-refractivity contribution in [2.24, 2.45) is 17.4 Å². The molecular formula is C24H24FN5O3S. The number of halogens is 1. The van der Waals surface area contributed by atoms with E-state index in [1.807, 2.05) is 11.9 Å². The molecule has 0 aliphatic carbocycles. The van der Waals surface area contributed by atoms with Gasteiger partial charge >= 0.3 is 0 Å². The van der Waals surface area contributed by atoms with Gasteiger partial charge in [0.05, 0.1) is 0 Å². The number of carbonyl (C=O) groups is 1. The molecule has 3 aromatic rings. The van der Waals surface area contributed by atoms with Gasteiger partial charge in [0, 0.05) is 44.0 Å². The number of hydrogen-bond acceptors (Lipinski definition) is 5. The standard InChI is InChI=1S/C24H24FN5O3S/c1-29-14-11-26-23(29)21(17-5-4-6-18(25)15-17)27-24(31)16-9-12-30(13-10-16)22-19-7-2-3-8-20(19)34(32,33)28-22/h2-8,11,14-16,21H,9-10,12-13H2,1H3,(H,27,31). The molecule has 5 rings (SSSR count). The van der Waals surface area contributed by atoms with E-state index in [0.29, 0.717) is 48.7 Å². The van der Waals surface area contributed by atoms with Crippen molar-refractivity contribution in [3.63, 3.8) is 0 Å². The minimum atomic E-state index is -3.69. The highest BCUT2D eigenvalue weighted by atomic mass is 32.2. The fourth-order valence-electron chi connectivity index (χ4n) is 4.57. The molecule has 1 amide bonds. The van der Waals surface area contributed by atoms with Crippen LogP contribution in [0.15, 0.2) is 70.2 Å². The number of rotatable bonds is 4. The molecule has 0 spiro atoms. The van der Waals surface area contributed by atoms with Crippen molar-refractivity contribution in [1.82, 2.24) is 19.8 Å². The molecule has 176 valence electrons. The fourth-order valence-corrected chi connectivity index (χ4v) is 5.80. The van der Waals surface area contributed by atoms with Crippen LogP contribution in [0.3, 0.4) is 0 Å². The van der Waals surface area contributed by atoms with Crippen LogP contribution >= 0.6 is 0 Å². The van der Waals surface area contributed by atoms with E-state index < -0.39 is 16.1 Å². The van der Waals surface area contributed by atoms with Gasteiger partial charge in [0.2, 0.25) is 5.91 Å². The highest BCUT2D eigenvalue weighted by Crippen LogP contribution is 2.30. The maximum atomic E-state index is 13.9. The highest BCUT2D eigenvalue weighted by Gasteiger charge is 2.35. The number of sulfonamides is 1. The van der Waals surface area contributed by atoms with Gasteiger partial charge in [-0.15, -0.1) is 4.40 Å². The lowest BCUT2D eigenvalue weighted by Gasteiger charge is -2.33. The van der Waals surface area contributed by atoms with E-state index in [4.69, 9.17) is 0 Å². The average Bonchev–Trinajstić information content (AvgIpc) is 3.38. The molecule has 0 radical (unpaired) electrons. The van der Waals surface area contributed by atoms with Crippen LogP contribution in [0, 0.1) is 11.7 Å². The van der Waals surface area contributed by atoms with Gasteiger partial charge in [-0.05, 0) is 42.7 Å². The molecular weight excluding hydrogens is 457 g/mol. The summed E-state index contributed by atoms with van der Waals surface area (Å²) in [6, 6.07) is 12.3. The predicted octanol–water partition coefficient (Wildman–Crippen LogP) is 2.63. The molecule has 2 aliphatic rings. The van der Waals surface area contributed by atoms with Crippen molar-refractivity contribution in [3.05, 3.63) is 83.7 Å². The van der Waals surface area contributed by atoms with Gasteiger partial charge in [-0.3, -0.25) is 4.79 Å². The van der Waals surface area contributed by atoms with Gasteiger partial charge < -0.3 is 14.8 Å². The summed E-state index contributed by atoms with van der Waals surface area (Å²) >= 11 is 0. The number of amides is 1. The average molecular weight is 482 g/mol. The molecule has 10 heteroatoms. The molecule has 1 saturated heterocycles. The zero-order chi connectivity index (χ0) is 23.9. The Bertz CT molecular complexity index is 1380. The second-order valence-corrected chi connectivity index (χ2v) is 10.1. The minimum Gasteiger partial charge on any atom is -0.355 e. The largest absolute Gasteiger partial charge is 0.355 e. The van der Waals surface area contributed by atoms with Crippen LogP contribution < -0.4 is 5.32 Å². The number of imidazole rings is 1. The summed E-state index contributed by atoms with van der Waals surface area (Å²) in [6.45, 7) is 1.02. The third kappa shape index (κ3) is 4.09. The lowest BCUT2D eigenvalue weighted by molar-refractivity contribution is -0.126. The monoisotopic (exact) mass is 481 g/mol. The number of piperidine rings is 1. The summed E-state index contributed by atoms with van der Waals surface area (Å²) in [6.07, 6.45) is 4.51. The predicted molar refractivity (Wildman–Crippen MR) is 124 cm³/mol. The van der Waals surface area contributed by atoms with Crippen LogP contribution in [-0.4, -0.2) is 47.7 Å². The SMILES string of the molecule is Cn1ccnc1C(NC(=O)C1CCN(C2=NS(=O)(=O)c3ccccc32)CC1)c1cccc(F)c1. The van der Waals surface area contributed by atoms with E-state index in [1.54, 1.807) is 53.4 Å². The minimum absolute atomic E-state index is 0.140. The van der Waals surface area contributed by atoms with E-state index in [0.717, 1.165) is 0 Å². The molecule has 34 heavy (non-hydrogen) atoms. The van der Waals surface area contributed by atoms with Gasteiger partial charge in [0.25, 0.3) is 10.0 Å². The van der Waals surface area contributed by atoms with Crippen molar-refractivity contribution in [2.45, 2.75) is 23.8 Å². The summed E-state index contributed by atoms with van der Waals surface area (Å²) in [5, 5.41) is 3.05. The summed E-state index contributed by atoms with van der Waals surface area (Å²) in [5.74, 6) is 0.269. The van der Waals surface area contributed by atoms with Gasteiger partial charge in [-0.2, -0.15) is 8.42 Å². The first-order chi connectivity index (χ1) is 16.3. The lowest BCUT2D eigenvalue weighted by atomic mass is 9.94. The lowest BCUT2D eigenvalue weighted by Crippen LogP contribution is -2.44. The Morgan fingerprint density at radius 2 is 1.91 bits per heavy atom. The highest BCUT2D eigenvalue weighted by molar-refractivity contribution is 7.90. The van der Waals surface area contributed by atoms with Gasteiger partial charge in [0.1, 0.15) is 22.6 Å². The first-order valence-electron chi connectivity index (χ1n) is 11.1. The fraction of sp³-hybridized carbons (Fsp3) is 0.292. The van der Waals surface area contributed by atoms with Gasteiger partial charge in [0.15, 0.2) is 5.84 Å². The summed E-state index contributed by atoms with van der Waals surface area (Å²) < 4.78 is 44.5. The molecule has 0 bridgehead atoms. The zero-order valence-corrected chi connectivity index (χ0v) is 19.4. The second-order valence-electron chi connectivity index (χ2n) is 8.54. The number of aryl methyl sites for hydroxylation is 1. The molecule has 3 heterocycles. The first-order valence-corrected chi connectivity index (χ1v) is 12.5. The Balaban J connectivity index is 1.31. The van der Waals surface area contributed by atoms with Crippen LogP contribution in [0.1, 0.15) is 35.8 Å². The van der Waals surface area contributed by atoms with E-state index in [1.165, 1.54) is 12.1 Å². The Morgan fingerprint density at radius 3 is 2.62 bits per heavy atom. The number of nitrogens with one attached hydrogen (secondary N) is 1. The van der Waals surface area contributed by atoms with Gasteiger partial charge in [-0.1, -0.05) is 24.3 Å². The number of amidine groups is 1. The maximum Gasteiger partial charge on any atom is 0.285 e. The molecule has 1 unspecified atom stereocenters. The number of nitrogens with zero attached hydrogens (tertiary/aromatic N) is 4. The number of likely N-dealkylation sites (tertiary alicyclic amines) is 1. The van der Waals surface area contributed by atoms with Crippen molar-refractivity contribution >= 4 is 21.8 Å². The Kier molecular flexibility index (Phi) is 5.68. The normalized spacial score (nSPS) is 18.3. The molecule has 1 N–H and O–H groups in total. The molecule has 8 nitrogen and oxygen atoms in total. The molecule has 1 aromatic heterocycles. The van der Waals surface area contributed by atoms with Crippen LogP contribution in [0.4, 0.5) is 4.39 Å². The van der Waals surface area contributed by atoms with Crippen LogP contribution in [0.5, 0.6) is 0 Å². The summed E-state index contributed by atoms with van der Waals surface area (Å²) in [5.41, 5.74) is 1.22. The second kappa shape index (κ2) is 8.68. The third-order valence-corrected chi connectivity index (χ3v) is 7.69.